The number of aromatic nitrogens is 2. The van der Waals surface area contributed by atoms with Gasteiger partial charge >= 0.3 is 0 Å². The topological polar surface area (TPSA) is 29.9 Å². The summed E-state index contributed by atoms with van der Waals surface area (Å²) < 4.78 is 2.10. The van der Waals surface area contributed by atoms with Crippen molar-refractivity contribution in [3.63, 3.8) is 0 Å². The van der Waals surface area contributed by atoms with Gasteiger partial charge in [-0.15, -0.1) is 0 Å². The fraction of sp³-hybridized carbons (Fsp3) is 0.400. The van der Waals surface area contributed by atoms with Gasteiger partial charge in [-0.2, -0.15) is 0 Å². The quantitative estimate of drug-likeness (QED) is 0.890. The van der Waals surface area contributed by atoms with Crippen molar-refractivity contribution in [3.05, 3.63) is 41.7 Å². The second-order valence-corrected chi connectivity index (χ2v) is 5.24. The Morgan fingerprint density at radius 2 is 1.83 bits per heavy atom. The van der Waals surface area contributed by atoms with Gasteiger partial charge in [0.25, 0.3) is 0 Å². The highest BCUT2D eigenvalue weighted by Gasteiger charge is 2.06. The number of rotatable bonds is 4. The van der Waals surface area contributed by atoms with E-state index in [-0.39, 0.29) is 0 Å². The number of benzene rings is 1. The first-order valence-corrected chi connectivity index (χ1v) is 6.42. The first-order chi connectivity index (χ1) is 8.56. The number of aryl methyl sites for hydroxylation is 2. The molecule has 0 aliphatic rings. The average Bonchev–Trinajstić information content (AvgIpc) is 2.72. The van der Waals surface area contributed by atoms with Crippen LogP contribution in [-0.4, -0.2) is 16.1 Å². The van der Waals surface area contributed by atoms with Crippen LogP contribution in [-0.2, 0) is 0 Å². The molecule has 0 aliphatic heterocycles. The molecule has 0 radical (unpaired) electrons. The molecule has 0 aliphatic carbocycles. The molecule has 96 valence electrons. The fourth-order valence-electron chi connectivity index (χ4n) is 2.03. The smallest absolute Gasteiger partial charge is 0.207 e. The predicted molar refractivity (Wildman–Crippen MR) is 76.4 cm³/mol. The molecule has 3 heteroatoms. The van der Waals surface area contributed by atoms with Crippen molar-refractivity contribution in [2.24, 2.45) is 5.92 Å². The van der Waals surface area contributed by atoms with Crippen molar-refractivity contribution >= 4 is 5.95 Å². The summed E-state index contributed by atoms with van der Waals surface area (Å²) in [5.41, 5.74) is 3.71. The SMILES string of the molecule is Cc1cc(C)cc(-n2ccnc2NCC(C)C)c1. The largest absolute Gasteiger partial charge is 0.355 e. The van der Waals surface area contributed by atoms with E-state index in [4.69, 9.17) is 0 Å². The van der Waals surface area contributed by atoms with Gasteiger partial charge in [-0.25, -0.2) is 4.98 Å². The molecule has 1 aromatic heterocycles. The van der Waals surface area contributed by atoms with Gasteiger partial charge in [0.1, 0.15) is 0 Å². The number of hydrogen-bond donors (Lipinski definition) is 1. The van der Waals surface area contributed by atoms with Crippen molar-refractivity contribution in [2.75, 3.05) is 11.9 Å². The van der Waals surface area contributed by atoms with E-state index in [2.05, 4.69) is 60.8 Å². The van der Waals surface area contributed by atoms with E-state index in [0.717, 1.165) is 18.2 Å². The summed E-state index contributed by atoms with van der Waals surface area (Å²) in [7, 11) is 0. The van der Waals surface area contributed by atoms with Gasteiger partial charge in [0.15, 0.2) is 0 Å². The van der Waals surface area contributed by atoms with Crippen molar-refractivity contribution in [2.45, 2.75) is 27.7 Å². The van der Waals surface area contributed by atoms with Gasteiger partial charge in [-0.1, -0.05) is 19.9 Å². The Kier molecular flexibility index (Phi) is 3.70. The van der Waals surface area contributed by atoms with Crippen LogP contribution < -0.4 is 5.32 Å². The molecule has 0 bridgehead atoms. The summed E-state index contributed by atoms with van der Waals surface area (Å²) in [6, 6.07) is 6.53. The fourth-order valence-corrected chi connectivity index (χ4v) is 2.03. The Hall–Kier alpha value is -1.77. The van der Waals surface area contributed by atoms with Crippen molar-refractivity contribution in [1.29, 1.82) is 0 Å². The van der Waals surface area contributed by atoms with Crippen LogP contribution in [0, 0.1) is 19.8 Å². The van der Waals surface area contributed by atoms with Gasteiger partial charge < -0.3 is 5.32 Å². The second kappa shape index (κ2) is 5.25. The Bertz CT molecular complexity index is 506. The molecule has 0 saturated carbocycles. The number of hydrogen-bond acceptors (Lipinski definition) is 2. The number of imidazole rings is 1. The van der Waals surface area contributed by atoms with Gasteiger partial charge in [0.2, 0.25) is 5.95 Å². The molecule has 0 fully saturated rings. The lowest BCUT2D eigenvalue weighted by Crippen LogP contribution is -2.12. The molecule has 3 nitrogen and oxygen atoms in total. The molecular formula is C15H21N3. The Labute approximate surface area is 109 Å². The van der Waals surface area contributed by atoms with Crippen LogP contribution in [0.25, 0.3) is 5.69 Å². The molecule has 0 atom stereocenters. The lowest BCUT2D eigenvalue weighted by molar-refractivity contribution is 0.683. The molecule has 1 heterocycles. The Morgan fingerprint density at radius 3 is 2.44 bits per heavy atom. The average molecular weight is 243 g/mol. The van der Waals surface area contributed by atoms with Crippen LogP contribution in [0.5, 0.6) is 0 Å². The molecular weight excluding hydrogens is 222 g/mol. The van der Waals surface area contributed by atoms with Crippen molar-refractivity contribution in [1.82, 2.24) is 9.55 Å². The van der Waals surface area contributed by atoms with Gasteiger partial charge in [-0.05, 0) is 43.0 Å². The third-order valence-electron chi connectivity index (χ3n) is 2.79. The maximum Gasteiger partial charge on any atom is 0.207 e. The second-order valence-electron chi connectivity index (χ2n) is 5.24. The van der Waals surface area contributed by atoms with Crippen LogP contribution in [0.1, 0.15) is 25.0 Å². The zero-order chi connectivity index (χ0) is 13.1. The molecule has 2 rings (SSSR count). The monoisotopic (exact) mass is 243 g/mol. The zero-order valence-electron chi connectivity index (χ0n) is 11.6. The third kappa shape index (κ3) is 2.92. The highest BCUT2D eigenvalue weighted by Crippen LogP contribution is 2.18. The Morgan fingerprint density at radius 1 is 1.17 bits per heavy atom. The predicted octanol–water partition coefficient (Wildman–Crippen LogP) is 3.56. The summed E-state index contributed by atoms with van der Waals surface area (Å²) >= 11 is 0. The lowest BCUT2D eigenvalue weighted by atomic mass is 10.1. The maximum absolute atomic E-state index is 4.38. The third-order valence-corrected chi connectivity index (χ3v) is 2.79. The minimum atomic E-state index is 0.606. The highest BCUT2D eigenvalue weighted by atomic mass is 15.2. The summed E-state index contributed by atoms with van der Waals surface area (Å²) in [4.78, 5) is 4.38. The Balaban J connectivity index is 2.30. The van der Waals surface area contributed by atoms with E-state index in [9.17, 15) is 0 Å². The molecule has 1 aromatic carbocycles. The standard InChI is InChI=1S/C15H21N3/c1-11(2)10-17-15-16-5-6-18(15)14-8-12(3)7-13(4)9-14/h5-9,11H,10H2,1-4H3,(H,16,17). The van der Waals surface area contributed by atoms with Crippen LogP contribution >= 0.6 is 0 Å². The molecule has 2 aromatic rings. The van der Waals surface area contributed by atoms with Crippen LogP contribution in [0.3, 0.4) is 0 Å². The number of nitrogens with one attached hydrogen (secondary N) is 1. The number of nitrogens with zero attached hydrogens (tertiary/aromatic N) is 2. The molecule has 0 unspecified atom stereocenters. The number of anilines is 1. The normalized spacial score (nSPS) is 10.9. The minimum Gasteiger partial charge on any atom is -0.355 e. The lowest BCUT2D eigenvalue weighted by Gasteiger charge is -2.12. The maximum atomic E-state index is 4.38. The van der Waals surface area contributed by atoms with E-state index in [0.29, 0.717) is 5.92 Å². The molecule has 0 amide bonds. The molecule has 0 spiro atoms. The zero-order valence-corrected chi connectivity index (χ0v) is 11.6. The van der Waals surface area contributed by atoms with Crippen LogP contribution in [0.2, 0.25) is 0 Å². The first kappa shape index (κ1) is 12.7. The van der Waals surface area contributed by atoms with Gasteiger partial charge in [-0.3, -0.25) is 4.57 Å². The van der Waals surface area contributed by atoms with E-state index in [1.54, 1.807) is 0 Å². The van der Waals surface area contributed by atoms with E-state index >= 15 is 0 Å². The molecule has 1 N–H and O–H groups in total. The van der Waals surface area contributed by atoms with E-state index in [1.165, 1.54) is 11.1 Å². The van der Waals surface area contributed by atoms with Crippen LogP contribution in [0.4, 0.5) is 5.95 Å². The van der Waals surface area contributed by atoms with E-state index < -0.39 is 0 Å². The van der Waals surface area contributed by atoms with Crippen molar-refractivity contribution in [3.8, 4) is 5.69 Å². The summed E-state index contributed by atoms with van der Waals surface area (Å²) in [5.74, 6) is 1.52. The molecule has 18 heavy (non-hydrogen) atoms. The minimum absolute atomic E-state index is 0.606. The summed E-state index contributed by atoms with van der Waals surface area (Å²) in [6.45, 7) is 9.55. The summed E-state index contributed by atoms with van der Waals surface area (Å²) in [6.07, 6.45) is 3.83. The van der Waals surface area contributed by atoms with E-state index in [1.807, 2.05) is 12.4 Å². The molecule has 0 saturated heterocycles. The van der Waals surface area contributed by atoms with Gasteiger partial charge in [0.05, 0.1) is 0 Å². The highest BCUT2D eigenvalue weighted by molar-refractivity contribution is 5.45. The summed E-state index contributed by atoms with van der Waals surface area (Å²) in [5, 5.41) is 3.38. The van der Waals surface area contributed by atoms with Crippen molar-refractivity contribution < 1.29 is 0 Å². The first-order valence-electron chi connectivity index (χ1n) is 6.42. The van der Waals surface area contributed by atoms with Gasteiger partial charge in [0, 0.05) is 24.6 Å². The van der Waals surface area contributed by atoms with Crippen LogP contribution in [0.15, 0.2) is 30.6 Å².